The molecule has 0 amide bonds. The number of sulfone groups is 1. The molecule has 1 saturated heterocycles. The van der Waals surface area contributed by atoms with Gasteiger partial charge in [-0.3, -0.25) is 0 Å². The van der Waals surface area contributed by atoms with Gasteiger partial charge in [0.15, 0.2) is 15.7 Å². The minimum Gasteiger partial charge on any atom is -0.369 e. The molecule has 1 aromatic heterocycles. The summed E-state index contributed by atoms with van der Waals surface area (Å²) in [4.78, 5) is 3.90. The predicted molar refractivity (Wildman–Crippen MR) is 71.0 cm³/mol. The zero-order valence-electron chi connectivity index (χ0n) is 10.7. The largest absolute Gasteiger partial charge is 0.369 e. The number of nitrogens with two attached hydrogens (primary N) is 1. The normalized spacial score (nSPS) is 25.4. The maximum absolute atomic E-state index is 13.7. The Kier molecular flexibility index (Phi) is 2.60. The number of imidazole rings is 1. The van der Waals surface area contributed by atoms with Crippen LogP contribution in [0.4, 0.5) is 14.7 Å². The third-order valence-corrected chi connectivity index (χ3v) is 5.61. The van der Waals surface area contributed by atoms with Gasteiger partial charge in [-0.25, -0.2) is 22.2 Å². The van der Waals surface area contributed by atoms with Gasteiger partial charge in [-0.05, 0) is 13.3 Å². The number of benzene rings is 1. The number of anilines is 1. The van der Waals surface area contributed by atoms with E-state index in [1.807, 2.05) is 0 Å². The second kappa shape index (κ2) is 3.91. The van der Waals surface area contributed by atoms with Crippen molar-refractivity contribution in [3.63, 3.8) is 0 Å². The standard InChI is InChI=1S/C12H13F2N3O2S/c1-12(2-3-20(18,19)6-12)17-9-5-7(13)4-8(14)10(9)16-11(17)15/h4-5H,2-3,6H2,1H3,(H2,15,16). The Balaban J connectivity index is 2.29. The third-order valence-electron chi connectivity index (χ3n) is 3.73. The van der Waals surface area contributed by atoms with Gasteiger partial charge in [-0.15, -0.1) is 0 Å². The molecule has 2 heterocycles. The first-order chi connectivity index (χ1) is 9.22. The van der Waals surface area contributed by atoms with Gasteiger partial charge in [0.25, 0.3) is 0 Å². The van der Waals surface area contributed by atoms with Crippen molar-refractivity contribution in [3.05, 3.63) is 23.8 Å². The van der Waals surface area contributed by atoms with E-state index in [4.69, 9.17) is 5.73 Å². The summed E-state index contributed by atoms with van der Waals surface area (Å²) < 4.78 is 52.0. The summed E-state index contributed by atoms with van der Waals surface area (Å²) in [5, 5.41) is 0. The summed E-state index contributed by atoms with van der Waals surface area (Å²) in [7, 11) is -3.18. The molecule has 0 aliphatic carbocycles. The fourth-order valence-corrected chi connectivity index (χ4v) is 4.97. The van der Waals surface area contributed by atoms with Gasteiger partial charge in [0.2, 0.25) is 5.95 Å². The van der Waals surface area contributed by atoms with Crippen LogP contribution in [0.5, 0.6) is 0 Å². The van der Waals surface area contributed by atoms with Crippen LogP contribution < -0.4 is 5.73 Å². The number of aromatic nitrogens is 2. The van der Waals surface area contributed by atoms with Crippen LogP contribution in [0.25, 0.3) is 11.0 Å². The first-order valence-corrected chi connectivity index (χ1v) is 7.88. The molecule has 5 nitrogen and oxygen atoms in total. The lowest BCUT2D eigenvalue weighted by molar-refractivity contribution is 0.381. The Morgan fingerprint density at radius 3 is 2.70 bits per heavy atom. The maximum atomic E-state index is 13.7. The van der Waals surface area contributed by atoms with Crippen LogP contribution in [0.1, 0.15) is 13.3 Å². The lowest BCUT2D eigenvalue weighted by Crippen LogP contribution is -2.32. The molecular weight excluding hydrogens is 288 g/mol. The van der Waals surface area contributed by atoms with Crippen molar-refractivity contribution in [2.24, 2.45) is 0 Å². The minimum absolute atomic E-state index is 0.0101. The SMILES string of the molecule is CC1(n2c(N)nc3c(F)cc(F)cc32)CCS(=O)(=O)C1. The lowest BCUT2D eigenvalue weighted by atomic mass is 10.0. The van der Waals surface area contributed by atoms with Gasteiger partial charge in [-0.1, -0.05) is 0 Å². The molecule has 0 radical (unpaired) electrons. The molecule has 1 fully saturated rings. The van der Waals surface area contributed by atoms with E-state index in [-0.39, 0.29) is 28.5 Å². The van der Waals surface area contributed by atoms with Gasteiger partial charge < -0.3 is 10.3 Å². The number of hydrogen-bond donors (Lipinski definition) is 1. The molecule has 1 atom stereocenters. The highest BCUT2D eigenvalue weighted by atomic mass is 32.2. The highest BCUT2D eigenvalue weighted by Gasteiger charge is 2.42. The summed E-state index contributed by atoms with van der Waals surface area (Å²) in [6, 6.07) is 1.85. The molecule has 108 valence electrons. The van der Waals surface area contributed by atoms with Crippen LogP contribution in [0, 0.1) is 11.6 Å². The van der Waals surface area contributed by atoms with Crippen molar-refractivity contribution in [2.45, 2.75) is 18.9 Å². The molecule has 0 saturated carbocycles. The van der Waals surface area contributed by atoms with E-state index in [1.54, 1.807) is 6.92 Å². The van der Waals surface area contributed by atoms with Crippen molar-refractivity contribution < 1.29 is 17.2 Å². The third kappa shape index (κ3) is 1.86. The topological polar surface area (TPSA) is 78.0 Å². The smallest absolute Gasteiger partial charge is 0.201 e. The van der Waals surface area contributed by atoms with Crippen LogP contribution in [0.3, 0.4) is 0 Å². The zero-order valence-corrected chi connectivity index (χ0v) is 11.5. The molecule has 2 aromatic rings. The van der Waals surface area contributed by atoms with Crippen LogP contribution in [0.2, 0.25) is 0 Å². The van der Waals surface area contributed by atoms with Crippen LogP contribution >= 0.6 is 0 Å². The quantitative estimate of drug-likeness (QED) is 0.864. The Bertz CT molecular complexity index is 816. The van der Waals surface area contributed by atoms with E-state index in [2.05, 4.69) is 4.98 Å². The summed E-state index contributed by atoms with van der Waals surface area (Å²) in [5.74, 6) is -1.66. The minimum atomic E-state index is -3.18. The van der Waals surface area contributed by atoms with Crippen molar-refractivity contribution in [2.75, 3.05) is 17.2 Å². The number of nitrogen functional groups attached to an aromatic ring is 1. The van der Waals surface area contributed by atoms with E-state index in [0.717, 1.165) is 12.1 Å². The van der Waals surface area contributed by atoms with Gasteiger partial charge in [0.1, 0.15) is 11.3 Å². The Hall–Kier alpha value is -1.70. The second-order valence-electron chi connectivity index (χ2n) is 5.40. The van der Waals surface area contributed by atoms with Crippen LogP contribution in [-0.2, 0) is 15.4 Å². The average molecular weight is 301 g/mol. The molecule has 2 N–H and O–H groups in total. The number of fused-ring (bicyclic) bond motifs is 1. The Morgan fingerprint density at radius 2 is 2.10 bits per heavy atom. The number of halogens is 2. The van der Waals surface area contributed by atoms with E-state index < -0.39 is 27.0 Å². The van der Waals surface area contributed by atoms with Gasteiger partial charge in [0.05, 0.1) is 22.6 Å². The summed E-state index contributed by atoms with van der Waals surface area (Å²) in [5.41, 5.74) is 5.09. The molecule has 1 aromatic carbocycles. The average Bonchev–Trinajstić information content (AvgIpc) is 2.77. The lowest BCUT2D eigenvalue weighted by Gasteiger charge is -2.26. The first kappa shape index (κ1) is 13.3. The molecule has 20 heavy (non-hydrogen) atoms. The molecule has 1 aliphatic heterocycles. The van der Waals surface area contributed by atoms with Crippen LogP contribution in [0.15, 0.2) is 12.1 Å². The molecule has 1 aliphatic rings. The Labute approximate surface area is 114 Å². The monoisotopic (exact) mass is 301 g/mol. The molecular formula is C12H13F2N3O2S. The first-order valence-electron chi connectivity index (χ1n) is 6.06. The van der Waals surface area contributed by atoms with Crippen molar-refractivity contribution >= 4 is 26.8 Å². The van der Waals surface area contributed by atoms with E-state index in [9.17, 15) is 17.2 Å². The van der Waals surface area contributed by atoms with Crippen molar-refractivity contribution in [3.8, 4) is 0 Å². The molecule has 0 spiro atoms. The van der Waals surface area contributed by atoms with Gasteiger partial charge in [-0.2, -0.15) is 0 Å². The van der Waals surface area contributed by atoms with Gasteiger partial charge in [0, 0.05) is 12.1 Å². The van der Waals surface area contributed by atoms with Crippen LogP contribution in [-0.4, -0.2) is 29.5 Å². The van der Waals surface area contributed by atoms with E-state index >= 15 is 0 Å². The summed E-state index contributed by atoms with van der Waals surface area (Å²) in [6.45, 7) is 1.71. The zero-order chi connectivity index (χ0) is 14.7. The summed E-state index contributed by atoms with van der Waals surface area (Å²) >= 11 is 0. The highest BCUT2D eigenvalue weighted by molar-refractivity contribution is 7.91. The number of rotatable bonds is 1. The molecule has 3 rings (SSSR count). The summed E-state index contributed by atoms with van der Waals surface area (Å²) in [6.07, 6.45) is 0.336. The molecule has 1 unspecified atom stereocenters. The molecule has 8 heteroatoms. The number of nitrogens with zero attached hydrogens (tertiary/aromatic N) is 2. The fraction of sp³-hybridized carbons (Fsp3) is 0.417. The predicted octanol–water partition coefficient (Wildman–Crippen LogP) is 1.43. The fourth-order valence-electron chi connectivity index (χ4n) is 2.86. The molecule has 0 bridgehead atoms. The van der Waals surface area contributed by atoms with Crippen molar-refractivity contribution in [1.29, 1.82) is 0 Å². The van der Waals surface area contributed by atoms with Crippen molar-refractivity contribution in [1.82, 2.24) is 9.55 Å². The Morgan fingerprint density at radius 1 is 1.40 bits per heavy atom. The number of hydrogen-bond acceptors (Lipinski definition) is 4. The van der Waals surface area contributed by atoms with Gasteiger partial charge >= 0.3 is 0 Å². The maximum Gasteiger partial charge on any atom is 0.201 e. The second-order valence-corrected chi connectivity index (χ2v) is 7.58. The van der Waals surface area contributed by atoms with E-state index in [1.165, 1.54) is 4.57 Å². The highest BCUT2D eigenvalue weighted by Crippen LogP contribution is 2.36. The van der Waals surface area contributed by atoms with E-state index in [0.29, 0.717) is 6.42 Å².